The molecule has 0 unspecified atom stereocenters. The number of hydrogen-bond acceptors (Lipinski definition) is 2. The first-order valence-electron chi connectivity index (χ1n) is 20.3. The summed E-state index contributed by atoms with van der Waals surface area (Å²) in [5.74, 6) is 0. The van der Waals surface area contributed by atoms with Crippen molar-refractivity contribution in [2.24, 2.45) is 0 Å². The summed E-state index contributed by atoms with van der Waals surface area (Å²) in [5.41, 5.74) is 18.9. The van der Waals surface area contributed by atoms with Gasteiger partial charge in [-0.15, -0.1) is 0 Å². The first kappa shape index (κ1) is 33.5. The Morgan fingerprint density at radius 2 is 0.879 bits per heavy atom. The van der Waals surface area contributed by atoms with Gasteiger partial charge in [0.2, 0.25) is 0 Å². The van der Waals surface area contributed by atoms with Crippen molar-refractivity contribution in [3.8, 4) is 33.4 Å². The van der Waals surface area contributed by atoms with Crippen LogP contribution in [0.25, 0.3) is 44.2 Å². The van der Waals surface area contributed by atoms with E-state index in [9.17, 15) is 0 Å². The van der Waals surface area contributed by atoms with Crippen molar-refractivity contribution in [3.05, 3.63) is 234 Å². The Morgan fingerprint density at radius 3 is 1.59 bits per heavy atom. The molecule has 1 spiro atoms. The molecule has 12 rings (SSSR count). The molecule has 0 bridgehead atoms. The van der Waals surface area contributed by atoms with Crippen LogP contribution in [0.3, 0.4) is 0 Å². The molecule has 0 saturated carbocycles. The van der Waals surface area contributed by atoms with Gasteiger partial charge < -0.3 is 4.90 Å². The standard InChI is InChI=1S/C56H39NS/c1-55(2)47-23-11-8-19-43(47)46-32-31-41(35-51(46)55)57(39-17-4-3-5-18-39)40-29-27-36(28-30-40)42-22-14-26-50-54(42)58-53-34-38-16-7-6-15-37(38)33-52(53)56(50)48-24-12-9-20-44(48)45-21-10-13-25-49(45)56/h3-35H,1-2H3. The first-order chi connectivity index (χ1) is 28.5. The smallest absolute Gasteiger partial charge is 0.0735 e. The van der Waals surface area contributed by atoms with Crippen LogP contribution in [0.2, 0.25) is 0 Å². The molecule has 0 atom stereocenters. The van der Waals surface area contributed by atoms with Gasteiger partial charge in [0.1, 0.15) is 0 Å². The number of para-hydroxylation sites is 1. The van der Waals surface area contributed by atoms with Crippen molar-refractivity contribution >= 4 is 39.6 Å². The van der Waals surface area contributed by atoms with E-state index in [-0.39, 0.29) is 5.41 Å². The van der Waals surface area contributed by atoms with Gasteiger partial charge in [-0.05, 0) is 126 Å². The van der Waals surface area contributed by atoms with Gasteiger partial charge in [0, 0.05) is 32.3 Å². The third-order valence-corrected chi connectivity index (χ3v) is 14.3. The van der Waals surface area contributed by atoms with Crippen LogP contribution in [0.15, 0.2) is 210 Å². The third-order valence-electron chi connectivity index (χ3n) is 13.1. The van der Waals surface area contributed by atoms with E-state index in [1.807, 2.05) is 11.8 Å². The molecule has 0 N–H and O–H groups in total. The normalized spacial score (nSPS) is 14.6. The summed E-state index contributed by atoms with van der Waals surface area (Å²) in [7, 11) is 0. The summed E-state index contributed by atoms with van der Waals surface area (Å²) in [6.45, 7) is 4.71. The van der Waals surface area contributed by atoms with E-state index in [0.717, 1.165) is 17.1 Å². The SMILES string of the molecule is CC1(C)c2ccccc2-c2ccc(N(c3ccccc3)c3ccc(-c4cccc5c4Sc4cc6ccccc6cc4C54c5ccccc5-c5ccccc54)cc3)cc21. The minimum atomic E-state index is -0.436. The zero-order valence-electron chi connectivity index (χ0n) is 32.4. The predicted octanol–water partition coefficient (Wildman–Crippen LogP) is 15.1. The molecule has 3 aliphatic rings. The van der Waals surface area contributed by atoms with Crippen LogP contribution in [0.5, 0.6) is 0 Å². The van der Waals surface area contributed by atoms with Crippen molar-refractivity contribution in [2.75, 3.05) is 4.90 Å². The zero-order chi connectivity index (χ0) is 38.6. The fraction of sp³-hybridized carbons (Fsp3) is 0.0714. The van der Waals surface area contributed by atoms with Crippen LogP contribution in [0.1, 0.15) is 47.2 Å². The Labute approximate surface area is 344 Å². The molecule has 1 nitrogen and oxygen atoms in total. The van der Waals surface area contributed by atoms with E-state index < -0.39 is 5.41 Å². The van der Waals surface area contributed by atoms with E-state index in [0.29, 0.717) is 0 Å². The molecule has 0 saturated heterocycles. The summed E-state index contributed by atoms with van der Waals surface area (Å²) < 4.78 is 0. The average Bonchev–Trinajstić information content (AvgIpc) is 3.69. The molecule has 274 valence electrons. The first-order valence-corrected chi connectivity index (χ1v) is 21.1. The summed E-state index contributed by atoms with van der Waals surface area (Å²) in [6, 6.07) is 74.8. The Hall–Kier alpha value is -6.61. The van der Waals surface area contributed by atoms with Crippen LogP contribution in [-0.2, 0) is 10.8 Å². The van der Waals surface area contributed by atoms with Crippen molar-refractivity contribution in [3.63, 3.8) is 0 Å². The van der Waals surface area contributed by atoms with Crippen molar-refractivity contribution in [2.45, 2.75) is 34.5 Å². The average molecular weight is 758 g/mol. The van der Waals surface area contributed by atoms with Gasteiger partial charge in [0.25, 0.3) is 0 Å². The number of hydrogen-bond donors (Lipinski definition) is 0. The Bertz CT molecular complexity index is 3080. The number of rotatable bonds is 4. The highest BCUT2D eigenvalue weighted by Gasteiger charge is 2.50. The lowest BCUT2D eigenvalue weighted by atomic mass is 9.66. The maximum Gasteiger partial charge on any atom is 0.0735 e. The van der Waals surface area contributed by atoms with Crippen molar-refractivity contribution in [1.82, 2.24) is 0 Å². The highest BCUT2D eigenvalue weighted by atomic mass is 32.2. The summed E-state index contributed by atoms with van der Waals surface area (Å²) in [5, 5.41) is 2.55. The molecule has 0 radical (unpaired) electrons. The Balaban J connectivity index is 1.02. The van der Waals surface area contributed by atoms with Gasteiger partial charge in [0.05, 0.1) is 5.41 Å². The molecule has 1 aliphatic heterocycles. The number of anilines is 3. The van der Waals surface area contributed by atoms with Crippen LogP contribution in [0, 0.1) is 0 Å². The molecule has 2 aliphatic carbocycles. The van der Waals surface area contributed by atoms with Gasteiger partial charge >= 0.3 is 0 Å². The Kier molecular flexibility index (Phi) is 7.19. The maximum absolute atomic E-state index is 2.47. The molecular weight excluding hydrogens is 719 g/mol. The summed E-state index contributed by atoms with van der Waals surface area (Å²) in [4.78, 5) is 5.05. The van der Waals surface area contributed by atoms with Crippen LogP contribution in [-0.4, -0.2) is 0 Å². The lowest BCUT2D eigenvalue weighted by Gasteiger charge is -2.40. The summed E-state index contributed by atoms with van der Waals surface area (Å²) >= 11 is 1.93. The quantitative estimate of drug-likeness (QED) is 0.176. The topological polar surface area (TPSA) is 3.24 Å². The fourth-order valence-electron chi connectivity index (χ4n) is 10.5. The van der Waals surface area contributed by atoms with Crippen molar-refractivity contribution < 1.29 is 0 Å². The van der Waals surface area contributed by atoms with E-state index in [1.165, 1.54) is 87.3 Å². The van der Waals surface area contributed by atoms with Gasteiger partial charge in [-0.25, -0.2) is 0 Å². The fourth-order valence-corrected chi connectivity index (χ4v) is 11.8. The molecule has 2 heteroatoms. The second-order valence-electron chi connectivity index (χ2n) is 16.4. The number of benzene rings is 9. The lowest BCUT2D eigenvalue weighted by Crippen LogP contribution is -2.32. The third kappa shape index (κ3) is 4.61. The van der Waals surface area contributed by atoms with Crippen LogP contribution in [0.4, 0.5) is 17.1 Å². The maximum atomic E-state index is 2.47. The summed E-state index contributed by atoms with van der Waals surface area (Å²) in [6.07, 6.45) is 0. The highest BCUT2D eigenvalue weighted by molar-refractivity contribution is 7.99. The molecule has 9 aromatic carbocycles. The molecule has 9 aromatic rings. The number of fused-ring (bicyclic) bond motifs is 13. The highest BCUT2D eigenvalue weighted by Crippen LogP contribution is 2.63. The molecule has 0 fully saturated rings. The molecular formula is C56H39NS. The second-order valence-corrected chi connectivity index (χ2v) is 17.5. The van der Waals surface area contributed by atoms with Crippen LogP contribution < -0.4 is 4.90 Å². The van der Waals surface area contributed by atoms with E-state index in [4.69, 9.17) is 0 Å². The van der Waals surface area contributed by atoms with Crippen LogP contribution >= 0.6 is 11.8 Å². The largest absolute Gasteiger partial charge is 0.310 e. The van der Waals surface area contributed by atoms with E-state index in [2.05, 4.69) is 219 Å². The van der Waals surface area contributed by atoms with Gasteiger partial charge in [-0.1, -0.05) is 177 Å². The zero-order valence-corrected chi connectivity index (χ0v) is 33.2. The van der Waals surface area contributed by atoms with Gasteiger partial charge in [-0.2, -0.15) is 0 Å². The predicted molar refractivity (Wildman–Crippen MR) is 243 cm³/mol. The second kappa shape index (κ2) is 12.4. The van der Waals surface area contributed by atoms with E-state index >= 15 is 0 Å². The van der Waals surface area contributed by atoms with E-state index in [1.54, 1.807) is 0 Å². The van der Waals surface area contributed by atoms with Gasteiger partial charge in [-0.3, -0.25) is 0 Å². The number of nitrogens with zero attached hydrogens (tertiary/aromatic N) is 1. The molecule has 1 heterocycles. The van der Waals surface area contributed by atoms with Gasteiger partial charge in [0.15, 0.2) is 0 Å². The Morgan fingerprint density at radius 1 is 0.362 bits per heavy atom. The molecule has 58 heavy (non-hydrogen) atoms. The minimum Gasteiger partial charge on any atom is -0.310 e. The molecule has 0 amide bonds. The molecule has 0 aromatic heterocycles. The van der Waals surface area contributed by atoms with Crippen molar-refractivity contribution in [1.29, 1.82) is 0 Å². The monoisotopic (exact) mass is 757 g/mol. The lowest BCUT2D eigenvalue weighted by molar-refractivity contribution is 0.660. The minimum absolute atomic E-state index is 0.0825.